The van der Waals surface area contributed by atoms with Crippen molar-refractivity contribution in [2.45, 2.75) is 18.8 Å². The fourth-order valence-electron chi connectivity index (χ4n) is 6.43. The number of esters is 1. The number of alkyl halides is 2. The molecule has 0 aromatic heterocycles. The van der Waals surface area contributed by atoms with Gasteiger partial charge in [-0.1, -0.05) is 48.5 Å². The van der Waals surface area contributed by atoms with Gasteiger partial charge in [0.1, 0.15) is 11.5 Å². The normalized spacial score (nSPS) is 17.3. The van der Waals surface area contributed by atoms with Crippen LogP contribution in [0.25, 0.3) is 21.5 Å². The number of nitrogens with zero attached hydrogens (tertiary/aromatic N) is 2. The highest BCUT2D eigenvalue weighted by molar-refractivity contribution is 6.19. The Kier molecular flexibility index (Phi) is 8.18. The third kappa shape index (κ3) is 5.18. The topological polar surface area (TPSA) is 88.2 Å². The Labute approximate surface area is 259 Å². The Balaban J connectivity index is 1.21. The SMILES string of the molecule is COc1cc2c(c3ccccc13)C(CCl)CN2C(=O)CNCC(=O)N1CC(CCl)c2c1cc(OC(C)=O)c1ccccc21. The van der Waals surface area contributed by atoms with Crippen LogP contribution in [0, 0.1) is 0 Å². The van der Waals surface area contributed by atoms with Crippen molar-refractivity contribution in [1.82, 2.24) is 5.32 Å². The molecule has 6 rings (SSSR count). The molecule has 2 unspecified atom stereocenters. The van der Waals surface area contributed by atoms with Crippen molar-refractivity contribution >= 4 is 73.9 Å². The maximum Gasteiger partial charge on any atom is 0.308 e. The number of anilines is 2. The molecular weight excluding hydrogens is 589 g/mol. The Morgan fingerprint density at radius 2 is 1.21 bits per heavy atom. The quantitative estimate of drug-likeness (QED) is 0.158. The Bertz CT molecular complexity index is 1760. The van der Waals surface area contributed by atoms with E-state index >= 15 is 0 Å². The summed E-state index contributed by atoms with van der Waals surface area (Å²) >= 11 is 12.7. The summed E-state index contributed by atoms with van der Waals surface area (Å²) in [6, 6.07) is 19.2. The Morgan fingerprint density at radius 3 is 1.65 bits per heavy atom. The molecule has 0 saturated carbocycles. The third-order valence-corrected chi connectivity index (χ3v) is 9.00. The largest absolute Gasteiger partial charge is 0.496 e. The average molecular weight is 621 g/mol. The highest BCUT2D eigenvalue weighted by atomic mass is 35.5. The van der Waals surface area contributed by atoms with Crippen molar-refractivity contribution in [3.8, 4) is 11.5 Å². The van der Waals surface area contributed by atoms with Crippen LogP contribution in [-0.4, -0.2) is 62.8 Å². The molecule has 2 amide bonds. The summed E-state index contributed by atoms with van der Waals surface area (Å²) < 4.78 is 11.2. The molecule has 8 nitrogen and oxygen atoms in total. The number of hydrogen-bond donors (Lipinski definition) is 1. The minimum Gasteiger partial charge on any atom is -0.496 e. The van der Waals surface area contributed by atoms with Gasteiger partial charge in [-0.05, 0) is 21.9 Å². The molecule has 2 aliphatic heterocycles. The minimum absolute atomic E-state index is 0.0205. The van der Waals surface area contributed by atoms with Crippen molar-refractivity contribution in [2.24, 2.45) is 0 Å². The summed E-state index contributed by atoms with van der Waals surface area (Å²) in [5.41, 5.74) is 3.43. The first-order valence-corrected chi connectivity index (χ1v) is 15.2. The van der Waals surface area contributed by atoms with Crippen LogP contribution in [-0.2, 0) is 14.4 Å². The van der Waals surface area contributed by atoms with Crippen LogP contribution in [0.3, 0.4) is 0 Å². The molecule has 0 saturated heterocycles. The van der Waals surface area contributed by atoms with Crippen molar-refractivity contribution in [3.63, 3.8) is 0 Å². The van der Waals surface area contributed by atoms with E-state index in [-0.39, 0.29) is 36.7 Å². The molecule has 0 fully saturated rings. The summed E-state index contributed by atoms with van der Waals surface area (Å²) in [4.78, 5) is 42.2. The van der Waals surface area contributed by atoms with Gasteiger partial charge in [0.25, 0.3) is 0 Å². The third-order valence-electron chi connectivity index (χ3n) is 8.26. The highest BCUT2D eigenvalue weighted by Gasteiger charge is 2.36. The molecule has 0 bridgehead atoms. The Hall–Kier alpha value is -3.85. The summed E-state index contributed by atoms with van der Waals surface area (Å²) in [6.07, 6.45) is 0. The van der Waals surface area contributed by atoms with E-state index in [1.165, 1.54) is 6.92 Å². The zero-order valence-electron chi connectivity index (χ0n) is 23.9. The number of hydrogen-bond acceptors (Lipinski definition) is 6. The fourth-order valence-corrected chi connectivity index (χ4v) is 6.93. The number of nitrogens with one attached hydrogen (secondary N) is 1. The van der Waals surface area contributed by atoms with Gasteiger partial charge in [-0.15, -0.1) is 23.2 Å². The number of ether oxygens (including phenoxy) is 2. The molecule has 222 valence electrons. The van der Waals surface area contributed by atoms with Gasteiger partial charge in [-0.25, -0.2) is 0 Å². The van der Waals surface area contributed by atoms with Crippen LogP contribution >= 0.6 is 23.2 Å². The predicted octanol–water partition coefficient (Wildman–Crippen LogP) is 5.55. The average Bonchev–Trinajstić information content (AvgIpc) is 3.59. The molecule has 0 radical (unpaired) electrons. The van der Waals surface area contributed by atoms with E-state index in [4.69, 9.17) is 32.7 Å². The second-order valence-corrected chi connectivity index (χ2v) is 11.4. The van der Waals surface area contributed by atoms with Crippen LogP contribution in [0.2, 0.25) is 0 Å². The second-order valence-electron chi connectivity index (χ2n) is 10.8. The molecule has 2 atom stereocenters. The van der Waals surface area contributed by atoms with E-state index in [9.17, 15) is 14.4 Å². The number of amides is 2. The number of carbonyl (C=O) groups is 3. The monoisotopic (exact) mass is 619 g/mol. The van der Waals surface area contributed by atoms with E-state index in [0.29, 0.717) is 42.0 Å². The van der Waals surface area contributed by atoms with Crippen molar-refractivity contribution in [1.29, 1.82) is 0 Å². The second kappa shape index (κ2) is 12.0. The standard InChI is InChI=1S/C33H31Cl2N3O5/c1-19(39)43-29-12-27-33(25-10-6-4-8-23(25)29)21(14-35)18-38(27)31(41)16-36-15-30(40)37-17-20(13-34)32-24-9-5-3-7-22(24)28(42-2)11-26(32)37/h3-12,20-21,36H,13-18H2,1-2H3. The first-order valence-electron chi connectivity index (χ1n) is 14.1. The Morgan fingerprint density at radius 1 is 0.767 bits per heavy atom. The van der Waals surface area contributed by atoms with Crippen LogP contribution in [0.4, 0.5) is 11.4 Å². The molecule has 0 aliphatic carbocycles. The smallest absolute Gasteiger partial charge is 0.308 e. The lowest BCUT2D eigenvalue weighted by molar-refractivity contribution is -0.131. The number of rotatable bonds is 8. The number of fused-ring (bicyclic) bond motifs is 6. The molecule has 2 heterocycles. The fraction of sp³-hybridized carbons (Fsp3) is 0.303. The lowest BCUT2D eigenvalue weighted by atomic mass is 9.95. The zero-order chi connectivity index (χ0) is 30.2. The maximum absolute atomic E-state index is 13.5. The van der Waals surface area contributed by atoms with Gasteiger partial charge in [0.2, 0.25) is 11.8 Å². The van der Waals surface area contributed by atoms with Gasteiger partial charge in [-0.3, -0.25) is 19.7 Å². The minimum atomic E-state index is -0.444. The van der Waals surface area contributed by atoms with Crippen LogP contribution in [0.5, 0.6) is 11.5 Å². The number of benzene rings is 4. The molecular formula is C33H31Cl2N3O5. The van der Waals surface area contributed by atoms with Crippen molar-refractivity contribution < 1.29 is 23.9 Å². The maximum atomic E-state index is 13.5. The number of halogens is 2. The molecule has 0 spiro atoms. The highest BCUT2D eigenvalue weighted by Crippen LogP contribution is 2.47. The van der Waals surface area contributed by atoms with Gasteiger partial charge >= 0.3 is 5.97 Å². The first kappa shape index (κ1) is 29.2. The van der Waals surface area contributed by atoms with Crippen LogP contribution < -0.4 is 24.6 Å². The van der Waals surface area contributed by atoms with Gasteiger partial charge in [0, 0.05) is 66.5 Å². The van der Waals surface area contributed by atoms with E-state index in [1.807, 2.05) is 54.6 Å². The number of methoxy groups -OCH3 is 1. The molecule has 43 heavy (non-hydrogen) atoms. The summed E-state index contributed by atoms with van der Waals surface area (Å²) in [5.74, 6) is 0.856. The molecule has 4 aromatic carbocycles. The van der Waals surface area contributed by atoms with Gasteiger partial charge in [0.05, 0.1) is 31.6 Å². The molecule has 1 N–H and O–H groups in total. The summed E-state index contributed by atoms with van der Waals surface area (Å²) in [5, 5.41) is 6.72. The van der Waals surface area contributed by atoms with Crippen LogP contribution in [0.1, 0.15) is 29.9 Å². The summed E-state index contributed by atoms with van der Waals surface area (Å²) in [7, 11) is 1.62. The van der Waals surface area contributed by atoms with Gasteiger partial charge in [0.15, 0.2) is 0 Å². The molecule has 2 aliphatic rings. The van der Waals surface area contributed by atoms with E-state index in [0.717, 1.165) is 38.4 Å². The number of carbonyl (C=O) groups excluding carboxylic acids is 3. The summed E-state index contributed by atoms with van der Waals surface area (Å²) in [6.45, 7) is 2.10. The predicted molar refractivity (Wildman–Crippen MR) is 170 cm³/mol. The molecule has 4 aromatic rings. The molecule has 10 heteroatoms. The lowest BCUT2D eigenvalue weighted by Crippen LogP contribution is -2.43. The van der Waals surface area contributed by atoms with E-state index < -0.39 is 5.97 Å². The van der Waals surface area contributed by atoms with E-state index in [1.54, 1.807) is 23.0 Å². The van der Waals surface area contributed by atoms with Gasteiger partial charge in [-0.2, -0.15) is 0 Å². The van der Waals surface area contributed by atoms with Crippen molar-refractivity contribution in [3.05, 3.63) is 71.8 Å². The van der Waals surface area contributed by atoms with E-state index in [2.05, 4.69) is 5.32 Å². The van der Waals surface area contributed by atoms with Crippen LogP contribution in [0.15, 0.2) is 60.7 Å². The zero-order valence-corrected chi connectivity index (χ0v) is 25.4. The first-order chi connectivity index (χ1) is 20.9. The van der Waals surface area contributed by atoms with Gasteiger partial charge < -0.3 is 19.3 Å². The van der Waals surface area contributed by atoms with Crippen molar-refractivity contribution in [2.75, 3.05) is 54.8 Å². The lowest BCUT2D eigenvalue weighted by Gasteiger charge is -2.21.